The van der Waals surface area contributed by atoms with E-state index in [1.165, 1.54) is 7.11 Å². The molecule has 4 aromatic carbocycles. The van der Waals surface area contributed by atoms with Crippen molar-refractivity contribution in [3.8, 4) is 11.5 Å². The van der Waals surface area contributed by atoms with Crippen LogP contribution < -0.4 is 15.2 Å². The molecule has 0 radical (unpaired) electrons. The Kier molecular flexibility index (Phi) is 10.8. The summed E-state index contributed by atoms with van der Waals surface area (Å²) in [6.45, 7) is 1.31. The molecule has 0 saturated carbocycles. The molecule has 0 fully saturated rings. The molecule has 43 heavy (non-hydrogen) atoms. The molecule has 0 unspecified atom stereocenters. The number of ether oxygens (including phenoxy) is 2. The number of halogens is 4. The van der Waals surface area contributed by atoms with Gasteiger partial charge in [-0.25, -0.2) is 4.39 Å². The Labute approximate surface area is 248 Å². The summed E-state index contributed by atoms with van der Waals surface area (Å²) in [5, 5.41) is 0. The van der Waals surface area contributed by atoms with Crippen LogP contribution in [0.2, 0.25) is 0 Å². The van der Waals surface area contributed by atoms with E-state index in [0.29, 0.717) is 42.6 Å². The van der Waals surface area contributed by atoms with Gasteiger partial charge in [-0.15, -0.1) is 0 Å². The van der Waals surface area contributed by atoms with Crippen molar-refractivity contribution >= 4 is 5.91 Å². The average molecular weight is 595 g/mol. The highest BCUT2D eigenvalue weighted by atomic mass is 19.4. The summed E-state index contributed by atoms with van der Waals surface area (Å²) in [5.41, 5.74) is 7.34. The van der Waals surface area contributed by atoms with Crippen LogP contribution in [-0.2, 0) is 23.9 Å². The van der Waals surface area contributed by atoms with E-state index in [1.54, 1.807) is 18.2 Å². The number of primary amides is 1. The van der Waals surface area contributed by atoms with Crippen LogP contribution in [0.5, 0.6) is 11.5 Å². The first-order chi connectivity index (χ1) is 20.6. The topological polar surface area (TPSA) is 64.8 Å². The van der Waals surface area contributed by atoms with Crippen molar-refractivity contribution in [1.29, 1.82) is 0 Å². The molecule has 0 aliphatic rings. The Morgan fingerprint density at radius 2 is 1.51 bits per heavy atom. The van der Waals surface area contributed by atoms with Crippen molar-refractivity contribution in [3.63, 3.8) is 0 Å². The Balaban J connectivity index is 1.56. The van der Waals surface area contributed by atoms with Gasteiger partial charge in [0.2, 0.25) is 5.91 Å². The summed E-state index contributed by atoms with van der Waals surface area (Å²) in [7, 11) is 1.51. The zero-order valence-electron chi connectivity index (χ0n) is 23.8. The quantitative estimate of drug-likeness (QED) is 0.126. The van der Waals surface area contributed by atoms with Crippen LogP contribution in [0.3, 0.4) is 0 Å². The molecule has 226 valence electrons. The molecule has 0 heterocycles. The van der Waals surface area contributed by atoms with Crippen molar-refractivity contribution < 1.29 is 31.8 Å². The molecule has 9 heteroatoms. The zero-order valence-corrected chi connectivity index (χ0v) is 23.8. The first-order valence-corrected chi connectivity index (χ1v) is 13.9. The molecule has 4 rings (SSSR count). The normalized spacial score (nSPS) is 11.6. The van der Waals surface area contributed by atoms with Gasteiger partial charge in [0.15, 0.2) is 11.5 Å². The monoisotopic (exact) mass is 594 g/mol. The van der Waals surface area contributed by atoms with Gasteiger partial charge >= 0.3 is 6.18 Å². The van der Waals surface area contributed by atoms with Gasteiger partial charge in [0.05, 0.1) is 25.7 Å². The molecule has 0 spiro atoms. The van der Waals surface area contributed by atoms with E-state index in [2.05, 4.69) is 0 Å². The van der Waals surface area contributed by atoms with Gasteiger partial charge in [-0.2, -0.15) is 13.2 Å². The van der Waals surface area contributed by atoms with Gasteiger partial charge in [0, 0.05) is 25.6 Å². The Bertz CT molecular complexity index is 1440. The number of benzene rings is 4. The minimum atomic E-state index is -4.66. The largest absolute Gasteiger partial charge is 0.493 e. The van der Waals surface area contributed by atoms with Crippen LogP contribution in [0.15, 0.2) is 97.1 Å². The number of nitrogens with zero attached hydrogens (tertiary/aromatic N) is 1. The van der Waals surface area contributed by atoms with E-state index < -0.39 is 23.5 Å². The maximum absolute atomic E-state index is 14.3. The predicted octanol–water partition coefficient (Wildman–Crippen LogP) is 6.98. The number of hydrogen-bond acceptors (Lipinski definition) is 4. The Hall–Kier alpha value is -4.37. The molecular formula is C34H34F4N2O3. The third-order valence-corrected chi connectivity index (χ3v) is 7.02. The number of nitrogens with two attached hydrogens (primary N) is 1. The number of alkyl halides is 3. The number of rotatable bonds is 14. The predicted molar refractivity (Wildman–Crippen MR) is 157 cm³/mol. The molecular weight excluding hydrogens is 560 g/mol. The maximum atomic E-state index is 14.3. The summed E-state index contributed by atoms with van der Waals surface area (Å²) in [6.07, 6.45) is -4.09. The van der Waals surface area contributed by atoms with Gasteiger partial charge in [0.25, 0.3) is 0 Å². The summed E-state index contributed by atoms with van der Waals surface area (Å²) in [6, 6.07) is 27.5. The van der Waals surface area contributed by atoms with Crippen LogP contribution in [0.25, 0.3) is 0 Å². The van der Waals surface area contributed by atoms with Gasteiger partial charge in [-0.05, 0) is 59.0 Å². The molecule has 0 bridgehead atoms. The lowest BCUT2D eigenvalue weighted by atomic mass is 9.90. The highest BCUT2D eigenvalue weighted by molar-refractivity contribution is 5.76. The minimum Gasteiger partial charge on any atom is -0.493 e. The van der Waals surface area contributed by atoms with Crippen LogP contribution in [0.4, 0.5) is 17.6 Å². The van der Waals surface area contributed by atoms with Crippen molar-refractivity contribution in [3.05, 3.63) is 131 Å². The molecule has 2 N–H and O–H groups in total. The second kappa shape index (κ2) is 14.7. The molecule has 0 saturated heterocycles. The lowest BCUT2D eigenvalue weighted by Gasteiger charge is -2.29. The number of carbonyl (C=O) groups excluding carboxylic acids is 1. The highest BCUT2D eigenvalue weighted by Gasteiger charge is 2.31. The first kappa shape index (κ1) is 31.6. The second-order valence-corrected chi connectivity index (χ2v) is 10.3. The lowest BCUT2D eigenvalue weighted by Crippen LogP contribution is -2.31. The number of carbonyl (C=O) groups is 1. The van der Waals surface area contributed by atoms with Gasteiger partial charge in [-0.3, -0.25) is 9.69 Å². The number of hydrogen-bond donors (Lipinski definition) is 1. The van der Waals surface area contributed by atoms with Crippen molar-refractivity contribution in [2.45, 2.75) is 31.5 Å². The zero-order chi connectivity index (χ0) is 30.8. The molecule has 0 atom stereocenters. The Morgan fingerprint density at radius 3 is 2.09 bits per heavy atom. The van der Waals surface area contributed by atoms with E-state index >= 15 is 0 Å². The highest BCUT2D eigenvalue weighted by Crippen LogP contribution is 2.32. The van der Waals surface area contributed by atoms with E-state index in [1.807, 2.05) is 65.6 Å². The summed E-state index contributed by atoms with van der Waals surface area (Å²) in [4.78, 5) is 13.4. The molecule has 5 nitrogen and oxygen atoms in total. The van der Waals surface area contributed by atoms with Crippen LogP contribution in [0.1, 0.15) is 40.2 Å². The fourth-order valence-electron chi connectivity index (χ4n) is 5.05. The Morgan fingerprint density at radius 1 is 0.860 bits per heavy atom. The first-order valence-electron chi connectivity index (χ1n) is 13.9. The SMILES string of the molecule is COc1ccc(CC(N)=O)cc1OCCCN(Cc1cc(F)cc(C(F)(F)F)c1)CC(c1ccccc1)c1ccccc1. The van der Waals surface area contributed by atoms with E-state index in [-0.39, 0.29) is 31.1 Å². The smallest absolute Gasteiger partial charge is 0.416 e. The van der Waals surface area contributed by atoms with Crippen LogP contribution in [0, 0.1) is 5.82 Å². The number of methoxy groups -OCH3 is 1. The molecule has 0 aliphatic heterocycles. The van der Waals surface area contributed by atoms with Crippen LogP contribution in [-0.4, -0.2) is 37.6 Å². The standard InChI is InChI=1S/C34H34F4N2O3/c1-42-31-14-13-24(20-33(39)41)19-32(31)43-16-8-15-40(22-25-17-28(34(36,37)38)21-29(35)18-25)23-30(26-9-4-2-5-10-26)27-11-6-3-7-12-27/h2-7,9-14,17-19,21,30H,8,15-16,20,22-23H2,1H3,(H2,39,41). The lowest BCUT2D eigenvalue weighted by molar-refractivity contribution is -0.137. The van der Waals surface area contributed by atoms with Gasteiger partial charge < -0.3 is 15.2 Å². The molecule has 0 aromatic heterocycles. The van der Waals surface area contributed by atoms with Gasteiger partial charge in [-0.1, -0.05) is 66.7 Å². The minimum absolute atomic E-state index is 0.0576. The van der Waals surface area contributed by atoms with E-state index in [9.17, 15) is 22.4 Å². The summed E-state index contributed by atoms with van der Waals surface area (Å²) >= 11 is 0. The van der Waals surface area contributed by atoms with Crippen molar-refractivity contribution in [1.82, 2.24) is 4.90 Å². The fraction of sp³-hybridized carbons (Fsp3) is 0.265. The fourth-order valence-corrected chi connectivity index (χ4v) is 5.05. The third-order valence-electron chi connectivity index (χ3n) is 7.02. The summed E-state index contributed by atoms with van der Waals surface area (Å²) in [5.74, 6) is -0.524. The summed E-state index contributed by atoms with van der Waals surface area (Å²) < 4.78 is 66.1. The van der Waals surface area contributed by atoms with Crippen molar-refractivity contribution in [2.24, 2.45) is 5.73 Å². The van der Waals surface area contributed by atoms with E-state index in [4.69, 9.17) is 15.2 Å². The average Bonchev–Trinajstić information content (AvgIpc) is 2.98. The molecule has 0 aliphatic carbocycles. The third kappa shape index (κ3) is 9.31. The molecule has 1 amide bonds. The maximum Gasteiger partial charge on any atom is 0.416 e. The number of amides is 1. The van der Waals surface area contributed by atoms with Gasteiger partial charge in [0.1, 0.15) is 5.82 Å². The van der Waals surface area contributed by atoms with E-state index in [0.717, 1.165) is 23.3 Å². The van der Waals surface area contributed by atoms with Crippen LogP contribution >= 0.6 is 0 Å². The second-order valence-electron chi connectivity index (χ2n) is 10.3. The van der Waals surface area contributed by atoms with Crippen molar-refractivity contribution in [2.75, 3.05) is 26.8 Å². The molecule has 4 aromatic rings.